The van der Waals surface area contributed by atoms with E-state index in [1.54, 1.807) is 43.3 Å². The van der Waals surface area contributed by atoms with Gasteiger partial charge >= 0.3 is 6.09 Å². The molecule has 1 aliphatic heterocycles. The minimum absolute atomic E-state index is 0.191. The predicted molar refractivity (Wildman–Crippen MR) is 83.5 cm³/mol. The van der Waals surface area contributed by atoms with Crippen molar-refractivity contribution in [3.05, 3.63) is 36.2 Å². The molecule has 2 aromatic heterocycles. The number of nitrogens with zero attached hydrogens (tertiary/aromatic N) is 5. The zero-order valence-corrected chi connectivity index (χ0v) is 13.4. The van der Waals surface area contributed by atoms with Gasteiger partial charge < -0.3 is 10.4 Å². The number of nitrogens with one attached hydrogen (secondary N) is 1. The molecular weight excluding hydrogens is 312 g/mol. The summed E-state index contributed by atoms with van der Waals surface area (Å²) in [5, 5.41) is 12.1. The quantitative estimate of drug-likeness (QED) is 0.859. The van der Waals surface area contributed by atoms with Crippen molar-refractivity contribution in [1.82, 2.24) is 29.7 Å². The summed E-state index contributed by atoms with van der Waals surface area (Å²) in [6.45, 7) is 2.10. The largest absolute Gasteiger partial charge is 0.465 e. The number of aryl methyl sites for hydroxylation is 1. The first kappa shape index (κ1) is 15.9. The molecule has 1 aliphatic rings. The van der Waals surface area contributed by atoms with Gasteiger partial charge in [0, 0.05) is 31.7 Å². The van der Waals surface area contributed by atoms with E-state index in [1.807, 2.05) is 0 Å². The van der Waals surface area contributed by atoms with Gasteiger partial charge in [-0.25, -0.2) is 19.7 Å². The van der Waals surface area contributed by atoms with Crippen molar-refractivity contribution in [3.63, 3.8) is 0 Å². The van der Waals surface area contributed by atoms with Crippen LogP contribution in [0, 0.1) is 12.8 Å². The Morgan fingerprint density at radius 3 is 2.79 bits per heavy atom. The Kier molecular flexibility index (Phi) is 4.15. The number of likely N-dealkylation sites (tertiary alicyclic amines) is 1. The van der Waals surface area contributed by atoms with Gasteiger partial charge in [0.15, 0.2) is 0 Å². The maximum absolute atomic E-state index is 12.2. The van der Waals surface area contributed by atoms with E-state index in [1.165, 1.54) is 4.90 Å². The van der Waals surface area contributed by atoms with Crippen LogP contribution in [-0.2, 0) is 4.79 Å². The summed E-state index contributed by atoms with van der Waals surface area (Å²) in [5.41, 5.74) is 1.20. The number of carbonyl (C=O) groups is 2. The van der Waals surface area contributed by atoms with E-state index >= 15 is 0 Å². The highest BCUT2D eigenvalue weighted by Gasteiger charge is 2.43. The summed E-state index contributed by atoms with van der Waals surface area (Å²) < 4.78 is 1.64. The minimum atomic E-state index is -1.06. The highest BCUT2D eigenvalue weighted by molar-refractivity contribution is 5.81. The molecule has 9 nitrogen and oxygen atoms in total. The average Bonchev–Trinajstić information content (AvgIpc) is 3.22. The molecule has 2 N–H and O–H groups in total. The van der Waals surface area contributed by atoms with Crippen LogP contribution in [0.2, 0.25) is 0 Å². The third kappa shape index (κ3) is 2.80. The van der Waals surface area contributed by atoms with Gasteiger partial charge in [-0.3, -0.25) is 14.3 Å². The molecule has 0 bridgehead atoms. The van der Waals surface area contributed by atoms with Crippen LogP contribution in [0.15, 0.2) is 24.8 Å². The number of aromatic nitrogens is 4. The first-order valence-corrected chi connectivity index (χ1v) is 7.56. The van der Waals surface area contributed by atoms with E-state index in [0.29, 0.717) is 30.3 Å². The molecule has 0 radical (unpaired) electrons. The van der Waals surface area contributed by atoms with Crippen molar-refractivity contribution in [3.8, 4) is 5.95 Å². The van der Waals surface area contributed by atoms with Crippen LogP contribution in [0.3, 0.4) is 0 Å². The molecule has 3 rings (SSSR count). The molecule has 0 aromatic carbocycles. The molecule has 0 aliphatic carbocycles. The van der Waals surface area contributed by atoms with Crippen LogP contribution in [0.1, 0.15) is 23.9 Å². The smallest absolute Gasteiger partial charge is 0.407 e. The predicted octanol–water partition coefficient (Wildman–Crippen LogP) is 0.758. The molecule has 1 saturated heterocycles. The molecule has 2 atom stereocenters. The van der Waals surface area contributed by atoms with Gasteiger partial charge in [0.05, 0.1) is 17.7 Å². The molecule has 3 heterocycles. The standard InChI is InChI=1S/C15H18N6O3/c1-9-7-11(19-14(18-9)20-6-4-17-8-20)12-10(13(22)16-2)3-5-21(12)15(23)24/h4,6-8,10,12H,3,5H2,1-2H3,(H,16,22)(H,23,24). The van der Waals surface area contributed by atoms with Gasteiger partial charge in [-0.1, -0.05) is 0 Å². The van der Waals surface area contributed by atoms with E-state index in [-0.39, 0.29) is 5.91 Å². The maximum atomic E-state index is 12.2. The van der Waals surface area contributed by atoms with Crippen LogP contribution in [-0.4, -0.2) is 55.1 Å². The molecular formula is C15H18N6O3. The summed E-state index contributed by atoms with van der Waals surface area (Å²) in [6.07, 6.45) is 4.28. The van der Waals surface area contributed by atoms with Crippen molar-refractivity contribution >= 4 is 12.0 Å². The van der Waals surface area contributed by atoms with Crippen LogP contribution < -0.4 is 5.32 Å². The Labute approximate surface area is 138 Å². The fourth-order valence-corrected chi connectivity index (χ4v) is 3.05. The minimum Gasteiger partial charge on any atom is -0.465 e. The van der Waals surface area contributed by atoms with Gasteiger partial charge in [0.25, 0.3) is 0 Å². The molecule has 0 spiro atoms. The summed E-state index contributed by atoms with van der Waals surface area (Å²) in [7, 11) is 1.55. The van der Waals surface area contributed by atoms with E-state index in [2.05, 4.69) is 20.3 Å². The Hall–Kier alpha value is -2.97. The van der Waals surface area contributed by atoms with Gasteiger partial charge in [-0.05, 0) is 19.4 Å². The fourth-order valence-electron chi connectivity index (χ4n) is 3.05. The number of hydrogen-bond donors (Lipinski definition) is 2. The van der Waals surface area contributed by atoms with Gasteiger partial charge in [0.1, 0.15) is 6.33 Å². The third-order valence-corrected chi connectivity index (χ3v) is 4.13. The fraction of sp³-hybridized carbons (Fsp3) is 0.400. The van der Waals surface area contributed by atoms with E-state index in [0.717, 1.165) is 0 Å². The number of rotatable bonds is 3. The maximum Gasteiger partial charge on any atom is 0.407 e. The van der Waals surface area contributed by atoms with Crippen molar-refractivity contribution in [1.29, 1.82) is 0 Å². The van der Waals surface area contributed by atoms with Gasteiger partial charge in [-0.2, -0.15) is 0 Å². The second kappa shape index (κ2) is 6.26. The van der Waals surface area contributed by atoms with Gasteiger partial charge in [0.2, 0.25) is 11.9 Å². The Morgan fingerprint density at radius 1 is 1.38 bits per heavy atom. The topological polar surface area (TPSA) is 113 Å². The second-order valence-corrected chi connectivity index (χ2v) is 5.63. The van der Waals surface area contributed by atoms with Crippen molar-refractivity contribution in [2.45, 2.75) is 19.4 Å². The summed E-state index contributed by atoms with van der Waals surface area (Å²) in [6, 6.07) is 1.09. The van der Waals surface area contributed by atoms with E-state index < -0.39 is 18.1 Å². The van der Waals surface area contributed by atoms with Crippen LogP contribution in [0.5, 0.6) is 0 Å². The highest BCUT2D eigenvalue weighted by Crippen LogP contribution is 2.37. The molecule has 24 heavy (non-hydrogen) atoms. The molecule has 2 aromatic rings. The molecule has 2 unspecified atom stereocenters. The third-order valence-electron chi connectivity index (χ3n) is 4.13. The van der Waals surface area contributed by atoms with Gasteiger partial charge in [-0.15, -0.1) is 0 Å². The monoisotopic (exact) mass is 330 g/mol. The lowest BCUT2D eigenvalue weighted by Crippen LogP contribution is -2.36. The lowest BCUT2D eigenvalue weighted by Gasteiger charge is -2.25. The molecule has 2 amide bonds. The zero-order valence-electron chi connectivity index (χ0n) is 13.4. The SMILES string of the molecule is CNC(=O)C1CCN(C(=O)O)C1c1cc(C)nc(-n2ccnc2)n1. The number of amides is 2. The number of hydrogen-bond acceptors (Lipinski definition) is 5. The summed E-state index contributed by atoms with van der Waals surface area (Å²) >= 11 is 0. The molecule has 1 fully saturated rings. The van der Waals surface area contributed by atoms with E-state index in [4.69, 9.17) is 0 Å². The van der Waals surface area contributed by atoms with Crippen LogP contribution >= 0.6 is 0 Å². The molecule has 0 saturated carbocycles. The molecule has 9 heteroatoms. The van der Waals surface area contributed by atoms with E-state index in [9.17, 15) is 14.7 Å². The number of carbonyl (C=O) groups excluding carboxylic acids is 1. The number of carboxylic acid groups (broad SMARTS) is 1. The lowest BCUT2D eigenvalue weighted by atomic mass is 9.96. The Balaban J connectivity index is 2.06. The first-order chi connectivity index (χ1) is 11.5. The highest BCUT2D eigenvalue weighted by atomic mass is 16.4. The van der Waals surface area contributed by atoms with Crippen molar-refractivity contribution < 1.29 is 14.7 Å². The van der Waals surface area contributed by atoms with Crippen molar-refractivity contribution in [2.24, 2.45) is 5.92 Å². The van der Waals surface area contributed by atoms with Crippen molar-refractivity contribution in [2.75, 3.05) is 13.6 Å². The zero-order chi connectivity index (χ0) is 17.3. The normalized spacial score (nSPS) is 20.2. The second-order valence-electron chi connectivity index (χ2n) is 5.63. The lowest BCUT2D eigenvalue weighted by molar-refractivity contribution is -0.125. The Bertz CT molecular complexity index is 761. The summed E-state index contributed by atoms with van der Waals surface area (Å²) in [4.78, 5) is 37.8. The first-order valence-electron chi connectivity index (χ1n) is 7.56. The van der Waals surface area contributed by atoms with Crippen LogP contribution in [0.25, 0.3) is 5.95 Å². The van der Waals surface area contributed by atoms with Crippen LogP contribution in [0.4, 0.5) is 4.79 Å². The Morgan fingerprint density at radius 2 is 2.17 bits per heavy atom. The molecule has 126 valence electrons. The number of imidazole rings is 1. The summed E-state index contributed by atoms with van der Waals surface area (Å²) in [5.74, 6) is -0.268. The average molecular weight is 330 g/mol.